The smallest absolute Gasteiger partial charge is 0.251 e. The molecule has 26 heavy (non-hydrogen) atoms. The summed E-state index contributed by atoms with van der Waals surface area (Å²) < 4.78 is 2.00. The zero-order valence-corrected chi connectivity index (χ0v) is 15.6. The lowest BCUT2D eigenvalue weighted by Gasteiger charge is -2.19. The third kappa shape index (κ3) is 4.20. The fourth-order valence-corrected chi connectivity index (χ4v) is 3.00. The summed E-state index contributed by atoms with van der Waals surface area (Å²) in [5, 5.41) is 3.16. The maximum absolute atomic E-state index is 12.6. The number of hydrogen-bond donors (Lipinski definition) is 1. The molecule has 1 aromatic heterocycles. The molecule has 1 amide bonds. The van der Waals surface area contributed by atoms with Gasteiger partial charge in [-0.2, -0.15) is 0 Å². The van der Waals surface area contributed by atoms with Gasteiger partial charge in [0.15, 0.2) is 0 Å². The average molecular weight is 347 g/mol. The van der Waals surface area contributed by atoms with Gasteiger partial charge in [0.05, 0.1) is 12.4 Å². The Morgan fingerprint density at radius 3 is 2.50 bits per heavy atom. The molecule has 4 heteroatoms. The van der Waals surface area contributed by atoms with E-state index in [1.807, 2.05) is 35.0 Å². The molecule has 1 N–H and O–H groups in total. The van der Waals surface area contributed by atoms with Crippen molar-refractivity contribution in [3.8, 4) is 0 Å². The molecule has 0 radical (unpaired) electrons. The van der Waals surface area contributed by atoms with Crippen molar-refractivity contribution < 1.29 is 4.79 Å². The minimum Gasteiger partial charge on any atom is -0.345 e. The highest BCUT2D eigenvalue weighted by Crippen LogP contribution is 2.20. The number of rotatable bonds is 6. The second-order valence-corrected chi connectivity index (χ2v) is 6.71. The van der Waals surface area contributed by atoms with E-state index in [-0.39, 0.29) is 11.9 Å². The van der Waals surface area contributed by atoms with E-state index in [9.17, 15) is 4.79 Å². The molecular weight excluding hydrogens is 322 g/mol. The van der Waals surface area contributed by atoms with Crippen molar-refractivity contribution in [2.75, 3.05) is 0 Å². The highest BCUT2D eigenvalue weighted by atomic mass is 16.1. The number of aromatic nitrogens is 2. The molecule has 0 saturated carbocycles. The number of nitrogens with zero attached hydrogens (tertiary/aromatic N) is 2. The van der Waals surface area contributed by atoms with Crippen molar-refractivity contribution in [1.29, 1.82) is 0 Å². The summed E-state index contributed by atoms with van der Waals surface area (Å²) in [7, 11) is 0. The Balaban J connectivity index is 1.68. The van der Waals surface area contributed by atoms with E-state index in [1.165, 1.54) is 11.1 Å². The van der Waals surface area contributed by atoms with Gasteiger partial charge in [0.2, 0.25) is 0 Å². The Hall–Kier alpha value is -2.88. The van der Waals surface area contributed by atoms with Gasteiger partial charge >= 0.3 is 0 Å². The van der Waals surface area contributed by atoms with Crippen LogP contribution in [0.3, 0.4) is 0 Å². The van der Waals surface area contributed by atoms with Crippen LogP contribution in [0.2, 0.25) is 0 Å². The lowest BCUT2D eigenvalue weighted by atomic mass is 9.99. The van der Waals surface area contributed by atoms with Crippen LogP contribution >= 0.6 is 0 Å². The number of aryl methyl sites for hydroxylation is 2. The monoisotopic (exact) mass is 347 g/mol. The molecule has 3 aromatic rings. The minimum atomic E-state index is -0.0377. The second kappa shape index (κ2) is 8.00. The van der Waals surface area contributed by atoms with E-state index in [2.05, 4.69) is 49.3 Å². The lowest BCUT2D eigenvalue weighted by molar-refractivity contribution is 0.0935. The third-order valence-electron chi connectivity index (χ3n) is 4.79. The highest BCUT2D eigenvalue weighted by molar-refractivity contribution is 5.94. The largest absolute Gasteiger partial charge is 0.345 e. The molecule has 4 nitrogen and oxygen atoms in total. The Morgan fingerprint density at radius 1 is 1.12 bits per heavy atom. The number of benzene rings is 2. The molecule has 0 fully saturated rings. The molecule has 3 rings (SSSR count). The van der Waals surface area contributed by atoms with Crippen LogP contribution in [0.4, 0.5) is 0 Å². The van der Waals surface area contributed by atoms with Crippen LogP contribution in [-0.4, -0.2) is 15.5 Å². The van der Waals surface area contributed by atoms with Gasteiger partial charge in [-0.3, -0.25) is 4.79 Å². The van der Waals surface area contributed by atoms with Crippen LogP contribution in [0.1, 0.15) is 52.0 Å². The van der Waals surface area contributed by atoms with Crippen LogP contribution in [0.5, 0.6) is 0 Å². The normalized spacial score (nSPS) is 12.0. The van der Waals surface area contributed by atoms with Crippen LogP contribution in [0.25, 0.3) is 0 Å². The molecule has 1 heterocycles. The summed E-state index contributed by atoms with van der Waals surface area (Å²) in [5.41, 5.74) is 5.49. The fraction of sp³-hybridized carbons (Fsp3) is 0.273. The van der Waals surface area contributed by atoms with Gasteiger partial charge in [0.25, 0.3) is 5.91 Å². The molecule has 0 bridgehead atoms. The molecule has 0 aliphatic carbocycles. The Kier molecular flexibility index (Phi) is 5.52. The zero-order valence-electron chi connectivity index (χ0n) is 15.6. The molecule has 0 saturated heterocycles. The van der Waals surface area contributed by atoms with Gasteiger partial charge in [-0.25, -0.2) is 4.98 Å². The summed E-state index contributed by atoms with van der Waals surface area (Å²) >= 11 is 0. The molecule has 0 aliphatic heterocycles. The SMILES string of the molecule is CC[C@H](NC(=O)c1ccc(Cn2ccnc2)cc1)c1ccc(C)c(C)c1. The summed E-state index contributed by atoms with van der Waals surface area (Å²) in [6.07, 6.45) is 6.33. The van der Waals surface area contributed by atoms with Crippen molar-refractivity contribution in [3.63, 3.8) is 0 Å². The van der Waals surface area contributed by atoms with Crippen molar-refractivity contribution in [1.82, 2.24) is 14.9 Å². The van der Waals surface area contributed by atoms with Crippen molar-refractivity contribution in [2.45, 2.75) is 39.8 Å². The summed E-state index contributed by atoms with van der Waals surface area (Å²) in [6, 6.07) is 14.2. The Bertz CT molecular complexity index is 867. The molecule has 1 atom stereocenters. The number of imidazole rings is 1. The lowest BCUT2D eigenvalue weighted by Crippen LogP contribution is -2.28. The van der Waals surface area contributed by atoms with E-state index in [4.69, 9.17) is 0 Å². The number of carbonyl (C=O) groups excluding carboxylic acids is 1. The zero-order chi connectivity index (χ0) is 18.5. The first kappa shape index (κ1) is 17.9. The number of carbonyl (C=O) groups is 1. The van der Waals surface area contributed by atoms with Gasteiger partial charge in [-0.15, -0.1) is 0 Å². The summed E-state index contributed by atoms with van der Waals surface area (Å²) in [6.45, 7) is 7.05. The fourth-order valence-electron chi connectivity index (χ4n) is 3.00. The topological polar surface area (TPSA) is 46.9 Å². The molecule has 2 aromatic carbocycles. The highest BCUT2D eigenvalue weighted by Gasteiger charge is 2.14. The Morgan fingerprint density at radius 2 is 1.88 bits per heavy atom. The summed E-state index contributed by atoms with van der Waals surface area (Å²) in [4.78, 5) is 16.7. The van der Waals surface area contributed by atoms with Gasteiger partial charge in [-0.1, -0.05) is 37.3 Å². The average Bonchev–Trinajstić information content (AvgIpc) is 3.15. The van der Waals surface area contributed by atoms with E-state index >= 15 is 0 Å². The number of nitrogens with one attached hydrogen (secondary N) is 1. The quantitative estimate of drug-likeness (QED) is 0.717. The standard InChI is InChI=1S/C22H25N3O/c1-4-21(20-8-5-16(2)17(3)13-20)24-22(26)19-9-6-18(7-10-19)14-25-12-11-23-15-25/h5-13,15,21H,4,14H2,1-3H3,(H,24,26)/t21-/m0/s1. The van der Waals surface area contributed by atoms with E-state index in [0.717, 1.165) is 24.1 Å². The Labute approximate surface area is 154 Å². The van der Waals surface area contributed by atoms with E-state index in [1.54, 1.807) is 12.5 Å². The second-order valence-electron chi connectivity index (χ2n) is 6.71. The van der Waals surface area contributed by atoms with Crippen molar-refractivity contribution in [2.24, 2.45) is 0 Å². The van der Waals surface area contributed by atoms with Gasteiger partial charge in [0, 0.05) is 24.5 Å². The number of amides is 1. The van der Waals surface area contributed by atoms with Crippen LogP contribution < -0.4 is 5.32 Å². The number of hydrogen-bond acceptors (Lipinski definition) is 2. The van der Waals surface area contributed by atoms with Gasteiger partial charge in [-0.05, 0) is 54.7 Å². The molecule has 0 spiro atoms. The third-order valence-corrected chi connectivity index (χ3v) is 4.79. The van der Waals surface area contributed by atoms with Crippen LogP contribution in [0, 0.1) is 13.8 Å². The summed E-state index contributed by atoms with van der Waals surface area (Å²) in [5.74, 6) is -0.0377. The molecular formula is C22H25N3O. The van der Waals surface area contributed by atoms with Crippen LogP contribution in [0.15, 0.2) is 61.2 Å². The van der Waals surface area contributed by atoms with E-state index < -0.39 is 0 Å². The maximum atomic E-state index is 12.6. The maximum Gasteiger partial charge on any atom is 0.251 e. The van der Waals surface area contributed by atoms with Gasteiger partial charge in [0.1, 0.15) is 0 Å². The first-order valence-electron chi connectivity index (χ1n) is 8.99. The molecule has 0 aliphatic rings. The van der Waals surface area contributed by atoms with Gasteiger partial charge < -0.3 is 9.88 Å². The van der Waals surface area contributed by atoms with E-state index in [0.29, 0.717) is 5.56 Å². The molecule has 0 unspecified atom stereocenters. The van der Waals surface area contributed by atoms with Crippen LogP contribution in [-0.2, 0) is 6.54 Å². The first-order valence-corrected chi connectivity index (χ1v) is 8.99. The predicted molar refractivity (Wildman–Crippen MR) is 104 cm³/mol. The predicted octanol–water partition coefficient (Wildman–Crippen LogP) is 4.43. The van der Waals surface area contributed by atoms with Crippen molar-refractivity contribution >= 4 is 5.91 Å². The first-order chi connectivity index (χ1) is 12.6. The van der Waals surface area contributed by atoms with Crippen molar-refractivity contribution in [3.05, 3.63) is 89.0 Å². The minimum absolute atomic E-state index is 0.0208. The molecule has 134 valence electrons.